The number of sulfonamides is 1. The lowest BCUT2D eigenvalue weighted by Gasteiger charge is -2.34. The van der Waals surface area contributed by atoms with Crippen molar-refractivity contribution >= 4 is 21.7 Å². The molecular weight excluding hydrogens is 340 g/mol. The number of nitrogens with zero attached hydrogens (tertiary/aromatic N) is 3. The lowest BCUT2D eigenvalue weighted by Crippen LogP contribution is -2.50. The highest BCUT2D eigenvalue weighted by Crippen LogP contribution is 2.14. The number of hydrogen-bond donors (Lipinski definition) is 1. The van der Waals surface area contributed by atoms with Gasteiger partial charge in [0.05, 0.1) is 5.75 Å². The van der Waals surface area contributed by atoms with E-state index >= 15 is 0 Å². The number of allylic oxidation sites excluding steroid dienone is 3. The van der Waals surface area contributed by atoms with Gasteiger partial charge >= 0.3 is 0 Å². The normalized spacial score (nSPS) is 16.6. The fraction of sp³-hybridized carbons (Fsp3) is 0.412. The molecular formula is C17H24N4O3S. The van der Waals surface area contributed by atoms with Gasteiger partial charge in [0.1, 0.15) is 5.82 Å². The Morgan fingerprint density at radius 3 is 2.64 bits per heavy atom. The third kappa shape index (κ3) is 5.99. The molecule has 2 rings (SSSR count). The van der Waals surface area contributed by atoms with Crippen molar-refractivity contribution in [3.05, 3.63) is 48.7 Å². The number of pyridine rings is 1. The number of hydrogen-bond acceptors (Lipinski definition) is 5. The first kappa shape index (κ1) is 19.1. The summed E-state index contributed by atoms with van der Waals surface area (Å²) >= 11 is 0. The molecule has 8 heteroatoms. The van der Waals surface area contributed by atoms with Gasteiger partial charge in [-0.25, -0.2) is 13.4 Å². The second-order valence-electron chi connectivity index (χ2n) is 5.57. The second kappa shape index (κ2) is 9.33. The summed E-state index contributed by atoms with van der Waals surface area (Å²) in [6.45, 7) is 4.01. The molecule has 25 heavy (non-hydrogen) atoms. The quantitative estimate of drug-likeness (QED) is 0.571. The molecule has 2 heterocycles. The molecule has 0 bridgehead atoms. The van der Waals surface area contributed by atoms with Gasteiger partial charge in [-0.15, -0.1) is 0 Å². The largest absolute Gasteiger partial charge is 0.354 e. The number of rotatable bonds is 7. The Balaban J connectivity index is 1.78. The Kier molecular flexibility index (Phi) is 7.15. The van der Waals surface area contributed by atoms with Gasteiger partial charge in [-0.2, -0.15) is 4.31 Å². The summed E-state index contributed by atoms with van der Waals surface area (Å²) in [6, 6.07) is 5.69. The summed E-state index contributed by atoms with van der Waals surface area (Å²) in [4.78, 5) is 17.9. The van der Waals surface area contributed by atoms with Gasteiger partial charge in [0.15, 0.2) is 0 Å². The molecule has 136 valence electrons. The van der Waals surface area contributed by atoms with Crippen LogP contribution in [-0.2, 0) is 14.8 Å². The molecule has 0 saturated carbocycles. The Labute approximate surface area is 149 Å². The third-order valence-corrected chi connectivity index (χ3v) is 5.69. The molecule has 0 aromatic carbocycles. The van der Waals surface area contributed by atoms with Crippen LogP contribution in [0.15, 0.2) is 48.7 Å². The van der Waals surface area contributed by atoms with Gasteiger partial charge < -0.3 is 10.2 Å². The van der Waals surface area contributed by atoms with Gasteiger partial charge in [0.2, 0.25) is 15.9 Å². The van der Waals surface area contributed by atoms with Crippen molar-refractivity contribution in [1.29, 1.82) is 0 Å². The van der Waals surface area contributed by atoms with E-state index in [-0.39, 0.29) is 18.2 Å². The molecule has 1 fully saturated rings. The van der Waals surface area contributed by atoms with E-state index in [1.807, 2.05) is 25.1 Å². The van der Waals surface area contributed by atoms with E-state index in [1.165, 1.54) is 10.4 Å². The van der Waals surface area contributed by atoms with E-state index in [1.54, 1.807) is 24.4 Å². The summed E-state index contributed by atoms with van der Waals surface area (Å²) in [5.74, 6) is 0.466. The Hall–Kier alpha value is -2.19. The zero-order valence-corrected chi connectivity index (χ0v) is 15.2. The van der Waals surface area contributed by atoms with Crippen LogP contribution in [0.3, 0.4) is 0 Å². The van der Waals surface area contributed by atoms with Crippen molar-refractivity contribution in [1.82, 2.24) is 14.6 Å². The number of carbonyl (C=O) groups excluding carboxylic acids is 1. The highest BCUT2D eigenvalue weighted by atomic mass is 32.2. The monoisotopic (exact) mass is 364 g/mol. The average molecular weight is 364 g/mol. The molecule has 1 aliphatic heterocycles. The Morgan fingerprint density at radius 1 is 1.24 bits per heavy atom. The van der Waals surface area contributed by atoms with Crippen molar-refractivity contribution in [3.8, 4) is 0 Å². The minimum absolute atomic E-state index is 0.0974. The van der Waals surface area contributed by atoms with Crippen LogP contribution in [0, 0.1) is 0 Å². The summed E-state index contributed by atoms with van der Waals surface area (Å²) in [6.07, 6.45) is 8.25. The number of nitrogens with one attached hydrogen (secondary N) is 1. The molecule has 0 atom stereocenters. The highest BCUT2D eigenvalue weighted by Gasteiger charge is 2.27. The van der Waals surface area contributed by atoms with Crippen LogP contribution < -0.4 is 10.2 Å². The van der Waals surface area contributed by atoms with Crippen LogP contribution in [0.2, 0.25) is 0 Å². The first-order chi connectivity index (χ1) is 12.0. The second-order valence-corrected chi connectivity index (χ2v) is 7.65. The summed E-state index contributed by atoms with van der Waals surface area (Å²) in [7, 11) is -3.38. The molecule has 1 aromatic rings. The van der Waals surface area contributed by atoms with E-state index in [2.05, 4.69) is 15.2 Å². The van der Waals surface area contributed by atoms with Crippen LogP contribution >= 0.6 is 0 Å². The molecule has 1 saturated heterocycles. The first-order valence-corrected chi connectivity index (χ1v) is 9.85. The van der Waals surface area contributed by atoms with Crippen LogP contribution in [0.1, 0.15) is 6.92 Å². The van der Waals surface area contributed by atoms with E-state index in [9.17, 15) is 13.2 Å². The molecule has 0 unspecified atom stereocenters. The predicted molar refractivity (Wildman–Crippen MR) is 98.8 cm³/mol. The fourth-order valence-corrected chi connectivity index (χ4v) is 3.82. The molecule has 0 radical (unpaired) electrons. The maximum absolute atomic E-state index is 12.4. The number of carbonyl (C=O) groups is 1. The highest BCUT2D eigenvalue weighted by molar-refractivity contribution is 7.89. The van der Waals surface area contributed by atoms with E-state index < -0.39 is 10.0 Å². The summed E-state index contributed by atoms with van der Waals surface area (Å²) in [5, 5.41) is 2.59. The number of amides is 1. The average Bonchev–Trinajstić information content (AvgIpc) is 2.63. The number of piperazine rings is 1. The van der Waals surface area contributed by atoms with Crippen molar-refractivity contribution in [3.63, 3.8) is 0 Å². The van der Waals surface area contributed by atoms with Gasteiger partial charge in [-0.05, 0) is 19.1 Å². The molecule has 1 amide bonds. The molecule has 0 spiro atoms. The van der Waals surface area contributed by atoms with Crippen LogP contribution in [0.4, 0.5) is 5.82 Å². The number of anilines is 1. The standard InChI is InChI=1S/C17H24N4O3S/c1-2-3-4-8-17(22)19-10-15-25(23,24)21-13-11-20(12-14-21)16-7-5-6-9-18-16/h2-9H,10-15H2,1H3,(H,19,22). The zero-order valence-electron chi connectivity index (χ0n) is 14.3. The third-order valence-electron chi connectivity index (χ3n) is 3.82. The van der Waals surface area contributed by atoms with Gasteiger partial charge in [0.25, 0.3) is 0 Å². The molecule has 1 aliphatic rings. The summed E-state index contributed by atoms with van der Waals surface area (Å²) < 4.78 is 26.2. The minimum Gasteiger partial charge on any atom is -0.354 e. The molecule has 7 nitrogen and oxygen atoms in total. The van der Waals surface area contributed by atoms with E-state index in [4.69, 9.17) is 0 Å². The topological polar surface area (TPSA) is 82.6 Å². The Morgan fingerprint density at radius 2 is 2.00 bits per heavy atom. The first-order valence-electron chi connectivity index (χ1n) is 8.24. The van der Waals surface area contributed by atoms with Crippen LogP contribution in [0.5, 0.6) is 0 Å². The smallest absolute Gasteiger partial charge is 0.244 e. The van der Waals surface area contributed by atoms with Crippen molar-refractivity contribution < 1.29 is 13.2 Å². The van der Waals surface area contributed by atoms with Crippen LogP contribution in [-0.4, -0.2) is 62.1 Å². The van der Waals surface area contributed by atoms with Crippen molar-refractivity contribution in [2.24, 2.45) is 0 Å². The fourth-order valence-electron chi connectivity index (χ4n) is 2.48. The van der Waals surface area contributed by atoms with Crippen molar-refractivity contribution in [2.45, 2.75) is 6.92 Å². The van der Waals surface area contributed by atoms with Crippen molar-refractivity contribution in [2.75, 3.05) is 43.4 Å². The molecule has 0 aliphatic carbocycles. The number of aromatic nitrogens is 1. The van der Waals surface area contributed by atoms with Crippen LogP contribution in [0.25, 0.3) is 0 Å². The summed E-state index contributed by atoms with van der Waals surface area (Å²) in [5.41, 5.74) is 0. The predicted octanol–water partition coefficient (Wildman–Crippen LogP) is 0.782. The maximum Gasteiger partial charge on any atom is 0.244 e. The molecule has 1 N–H and O–H groups in total. The van der Waals surface area contributed by atoms with Gasteiger partial charge in [-0.3, -0.25) is 4.79 Å². The van der Waals surface area contributed by atoms with Gasteiger partial charge in [0, 0.05) is 45.0 Å². The van der Waals surface area contributed by atoms with E-state index in [0.717, 1.165) is 5.82 Å². The lowest BCUT2D eigenvalue weighted by atomic mass is 10.3. The SMILES string of the molecule is CC=CC=CC(=O)NCCS(=O)(=O)N1CCN(c2ccccn2)CC1. The maximum atomic E-state index is 12.4. The Bertz CT molecular complexity index is 709. The van der Waals surface area contributed by atoms with E-state index in [0.29, 0.717) is 26.2 Å². The zero-order chi connectivity index (χ0) is 18.1. The lowest BCUT2D eigenvalue weighted by molar-refractivity contribution is -0.116. The molecule has 1 aromatic heterocycles. The minimum atomic E-state index is -3.38. The van der Waals surface area contributed by atoms with Gasteiger partial charge in [-0.1, -0.05) is 24.3 Å².